The molecule has 1 saturated carbocycles. The van der Waals surface area contributed by atoms with Gasteiger partial charge in [-0.2, -0.15) is 5.01 Å². The maximum Gasteiger partial charge on any atom is 0.347 e. The molecule has 3 heterocycles. The molecule has 7 rings (SSSR count). The number of hydrogen-bond acceptors (Lipinski definition) is 7. The number of halogens is 2. The summed E-state index contributed by atoms with van der Waals surface area (Å²) in [5, 5.41) is 10.7. The highest BCUT2D eigenvalue weighted by Crippen LogP contribution is 2.61. The first-order valence-electron chi connectivity index (χ1n) is 14.7. The highest BCUT2D eigenvalue weighted by molar-refractivity contribution is 6.30. The SMILES string of the molecule is Cn1c(=O)n2n(c1=O)[C@@H]1C[C@H]3C(=O)N(Nc4ccc(F)cc4)C(=O)[C@@]3(c3ccc(Cl)cc3)[C@@H](c3ccc(OCCO)cc3)C1=CC2. The maximum absolute atomic E-state index is 15.0. The number of anilines is 1. The number of allylic oxidation sites excluding steroid dienone is 2. The molecule has 1 aromatic heterocycles. The molecule has 2 N–H and O–H groups in total. The van der Waals surface area contributed by atoms with Crippen LogP contribution in [0.3, 0.4) is 0 Å². The summed E-state index contributed by atoms with van der Waals surface area (Å²) in [5.74, 6) is -2.78. The molecular weight excluding hydrogens is 617 g/mol. The zero-order chi connectivity index (χ0) is 32.3. The van der Waals surface area contributed by atoms with Crippen LogP contribution >= 0.6 is 11.6 Å². The third-order valence-electron chi connectivity index (χ3n) is 9.28. The predicted molar refractivity (Wildman–Crippen MR) is 166 cm³/mol. The number of ether oxygens (including phenoxy) is 1. The number of nitrogens with one attached hydrogen (secondary N) is 1. The molecule has 3 aromatic carbocycles. The van der Waals surface area contributed by atoms with Gasteiger partial charge >= 0.3 is 11.4 Å². The van der Waals surface area contributed by atoms with E-state index in [1.165, 1.54) is 40.7 Å². The standard InChI is InChI=1S/C33H29ClFN5O6/c1-37-31(44)38-15-14-25-27(40(38)32(37)45)18-26-29(42)39(36-23-10-8-22(35)9-11-23)30(43)33(26,20-4-6-21(34)7-5-20)28(25)19-2-12-24(13-3-19)46-17-16-41/h2-14,26-28,36,41H,15-18H2,1H3/t26-,27+,28-,33+/m0/s1. The average Bonchev–Trinajstić information content (AvgIpc) is 3.42. The summed E-state index contributed by atoms with van der Waals surface area (Å²) in [6.45, 7) is 0.0234. The molecule has 0 unspecified atom stereocenters. The summed E-state index contributed by atoms with van der Waals surface area (Å²) < 4.78 is 23.1. The lowest BCUT2D eigenvalue weighted by Crippen LogP contribution is -2.53. The number of amides is 2. The molecule has 0 spiro atoms. The Morgan fingerprint density at radius 2 is 1.67 bits per heavy atom. The molecule has 236 valence electrons. The number of rotatable bonds is 7. The highest BCUT2D eigenvalue weighted by atomic mass is 35.5. The van der Waals surface area contributed by atoms with Crippen LogP contribution in [0.25, 0.3) is 0 Å². The van der Waals surface area contributed by atoms with Crippen LogP contribution in [-0.2, 0) is 28.6 Å². The van der Waals surface area contributed by atoms with Gasteiger partial charge in [-0.05, 0) is 71.7 Å². The van der Waals surface area contributed by atoms with Crippen molar-refractivity contribution in [3.05, 3.63) is 127 Å². The van der Waals surface area contributed by atoms with E-state index in [-0.39, 0.29) is 26.2 Å². The Labute approximate surface area is 266 Å². The van der Waals surface area contributed by atoms with Crippen molar-refractivity contribution in [2.45, 2.75) is 30.3 Å². The Morgan fingerprint density at radius 3 is 2.35 bits per heavy atom. The molecule has 11 nitrogen and oxygen atoms in total. The topological polar surface area (TPSA) is 128 Å². The van der Waals surface area contributed by atoms with Crippen LogP contribution in [0.15, 0.2) is 94.0 Å². The predicted octanol–water partition coefficient (Wildman–Crippen LogP) is 3.13. The van der Waals surface area contributed by atoms with E-state index < -0.39 is 52.3 Å². The van der Waals surface area contributed by atoms with Gasteiger partial charge in [0.1, 0.15) is 18.2 Å². The fourth-order valence-corrected chi connectivity index (χ4v) is 7.45. The highest BCUT2D eigenvalue weighted by Gasteiger charge is 2.68. The molecule has 1 saturated heterocycles. The number of imide groups is 1. The number of aliphatic hydroxyl groups is 1. The van der Waals surface area contributed by atoms with Crippen LogP contribution in [0.1, 0.15) is 29.5 Å². The van der Waals surface area contributed by atoms with Crippen molar-refractivity contribution in [1.29, 1.82) is 0 Å². The fraction of sp³-hybridized carbons (Fsp3) is 0.273. The van der Waals surface area contributed by atoms with E-state index in [1.54, 1.807) is 48.5 Å². The number of benzene rings is 3. The van der Waals surface area contributed by atoms with Crippen molar-refractivity contribution < 1.29 is 23.8 Å². The summed E-state index contributed by atoms with van der Waals surface area (Å²) in [6.07, 6.45) is 1.92. The number of fused-ring (bicyclic) bond motifs is 4. The largest absolute Gasteiger partial charge is 0.491 e. The second-order valence-electron chi connectivity index (χ2n) is 11.6. The number of hydrogen-bond donors (Lipinski definition) is 2. The number of hydrazine groups is 1. The van der Waals surface area contributed by atoms with Crippen molar-refractivity contribution in [3.8, 4) is 5.75 Å². The summed E-state index contributed by atoms with van der Waals surface area (Å²) in [6, 6.07) is 18.5. The molecule has 1 aliphatic carbocycles. The Bertz CT molecular complexity index is 2000. The Kier molecular flexibility index (Phi) is 7.21. The molecule has 3 aliphatic rings. The molecule has 2 fully saturated rings. The maximum atomic E-state index is 15.0. The first-order valence-corrected chi connectivity index (χ1v) is 15.1. The number of aliphatic hydroxyl groups excluding tert-OH is 1. The van der Waals surface area contributed by atoms with E-state index >= 15 is 0 Å². The van der Waals surface area contributed by atoms with Gasteiger partial charge in [-0.3, -0.25) is 15.0 Å². The number of carbonyl (C=O) groups is 2. The molecule has 2 aliphatic heterocycles. The molecule has 0 bridgehead atoms. The van der Waals surface area contributed by atoms with Crippen molar-refractivity contribution in [3.63, 3.8) is 0 Å². The van der Waals surface area contributed by atoms with Crippen LogP contribution in [0.5, 0.6) is 5.75 Å². The van der Waals surface area contributed by atoms with E-state index in [9.17, 15) is 28.7 Å². The molecule has 46 heavy (non-hydrogen) atoms. The van der Waals surface area contributed by atoms with Crippen molar-refractivity contribution in [2.75, 3.05) is 18.6 Å². The minimum Gasteiger partial charge on any atom is -0.491 e. The van der Waals surface area contributed by atoms with Crippen LogP contribution in [0.2, 0.25) is 5.02 Å². The van der Waals surface area contributed by atoms with Gasteiger partial charge in [0.25, 0.3) is 11.8 Å². The zero-order valence-corrected chi connectivity index (χ0v) is 25.4. The third kappa shape index (κ3) is 4.35. The van der Waals surface area contributed by atoms with Crippen molar-refractivity contribution in [1.82, 2.24) is 18.9 Å². The lowest BCUT2D eigenvalue weighted by atomic mass is 9.53. The van der Waals surface area contributed by atoms with E-state index in [4.69, 9.17) is 16.3 Å². The first-order chi connectivity index (χ1) is 22.2. The minimum atomic E-state index is -1.49. The average molecular weight is 646 g/mol. The van der Waals surface area contributed by atoms with Gasteiger partial charge in [0.2, 0.25) is 0 Å². The summed E-state index contributed by atoms with van der Waals surface area (Å²) in [7, 11) is 1.41. The van der Waals surface area contributed by atoms with E-state index in [1.807, 2.05) is 6.08 Å². The van der Waals surface area contributed by atoms with Gasteiger partial charge in [0, 0.05) is 18.0 Å². The molecule has 0 radical (unpaired) electrons. The Hall–Kier alpha value is -4.94. The molecule has 4 atom stereocenters. The number of aromatic nitrogens is 3. The van der Waals surface area contributed by atoms with Crippen LogP contribution in [-0.4, -0.2) is 49.1 Å². The fourth-order valence-electron chi connectivity index (χ4n) is 7.32. The van der Waals surface area contributed by atoms with Gasteiger partial charge in [-0.15, -0.1) is 0 Å². The van der Waals surface area contributed by atoms with Crippen molar-refractivity contribution >= 4 is 29.1 Å². The summed E-state index contributed by atoms with van der Waals surface area (Å²) in [5.41, 5.74) is 2.69. The quantitative estimate of drug-likeness (QED) is 0.234. The summed E-state index contributed by atoms with van der Waals surface area (Å²) in [4.78, 5) is 55.9. The second-order valence-corrected chi connectivity index (χ2v) is 12.0. The van der Waals surface area contributed by atoms with E-state index in [0.717, 1.165) is 9.58 Å². The molecule has 2 amide bonds. The van der Waals surface area contributed by atoms with Gasteiger partial charge in [0.15, 0.2) is 0 Å². The molecule has 4 aromatic rings. The molecular formula is C33H29ClFN5O6. The smallest absolute Gasteiger partial charge is 0.347 e. The molecule has 13 heteroatoms. The lowest BCUT2D eigenvalue weighted by molar-refractivity contribution is -0.138. The minimum absolute atomic E-state index is 0.0538. The second kappa shape index (κ2) is 11.1. The number of nitrogens with zero attached hydrogens (tertiary/aromatic N) is 4. The van der Waals surface area contributed by atoms with E-state index in [0.29, 0.717) is 33.2 Å². The van der Waals surface area contributed by atoms with Crippen LogP contribution in [0, 0.1) is 11.7 Å². The normalized spacial score (nSPS) is 23.4. The van der Waals surface area contributed by atoms with E-state index in [2.05, 4.69) is 5.43 Å². The number of carbonyl (C=O) groups excluding carboxylic acids is 2. The zero-order valence-electron chi connectivity index (χ0n) is 24.6. The van der Waals surface area contributed by atoms with Crippen LogP contribution in [0.4, 0.5) is 10.1 Å². The van der Waals surface area contributed by atoms with Gasteiger partial charge in [-0.1, -0.05) is 41.9 Å². The third-order valence-corrected chi connectivity index (χ3v) is 9.54. The Morgan fingerprint density at radius 1 is 0.978 bits per heavy atom. The Balaban J connectivity index is 1.47. The lowest BCUT2D eigenvalue weighted by Gasteiger charge is -2.49. The van der Waals surface area contributed by atoms with Crippen LogP contribution < -0.4 is 21.5 Å². The first kappa shape index (κ1) is 29.8. The monoisotopic (exact) mass is 645 g/mol. The summed E-state index contributed by atoms with van der Waals surface area (Å²) >= 11 is 6.30. The van der Waals surface area contributed by atoms with Gasteiger partial charge < -0.3 is 9.84 Å². The van der Waals surface area contributed by atoms with Gasteiger partial charge in [-0.25, -0.2) is 27.9 Å². The van der Waals surface area contributed by atoms with Gasteiger partial charge in [0.05, 0.1) is 36.2 Å². The van der Waals surface area contributed by atoms with Crippen molar-refractivity contribution in [2.24, 2.45) is 13.0 Å².